The lowest BCUT2D eigenvalue weighted by Gasteiger charge is -2.07. The Labute approximate surface area is 156 Å². The molecule has 1 aromatic carbocycles. The standard InChI is InChI=1S/C21H18N4O2/c26-21(23-13-18-14-25-11-2-1-5-20(25)24-18)17-6-8-19(9-7-17)27-15-16-4-3-10-22-12-16/h1-12,14H,13,15H2,(H,23,26). The number of pyridine rings is 2. The third-order valence-corrected chi connectivity index (χ3v) is 4.09. The van der Waals surface area contributed by atoms with Crippen LogP contribution in [0.15, 0.2) is 79.4 Å². The summed E-state index contributed by atoms with van der Waals surface area (Å²) in [6, 6.07) is 16.7. The Morgan fingerprint density at radius 3 is 2.74 bits per heavy atom. The minimum atomic E-state index is -0.147. The third-order valence-electron chi connectivity index (χ3n) is 4.09. The Morgan fingerprint density at radius 1 is 1.07 bits per heavy atom. The number of hydrogen-bond donors (Lipinski definition) is 1. The van der Waals surface area contributed by atoms with Crippen molar-refractivity contribution < 1.29 is 9.53 Å². The van der Waals surface area contributed by atoms with Gasteiger partial charge in [0.05, 0.1) is 12.2 Å². The van der Waals surface area contributed by atoms with Gasteiger partial charge in [-0.25, -0.2) is 4.98 Å². The van der Waals surface area contributed by atoms with E-state index in [4.69, 9.17) is 4.74 Å². The minimum Gasteiger partial charge on any atom is -0.489 e. The van der Waals surface area contributed by atoms with Crippen LogP contribution in [0.1, 0.15) is 21.6 Å². The number of benzene rings is 1. The molecule has 0 aliphatic rings. The minimum absolute atomic E-state index is 0.147. The lowest BCUT2D eigenvalue weighted by Crippen LogP contribution is -2.22. The van der Waals surface area contributed by atoms with E-state index < -0.39 is 0 Å². The Kier molecular flexibility index (Phi) is 4.78. The van der Waals surface area contributed by atoms with Gasteiger partial charge in [-0.2, -0.15) is 0 Å². The summed E-state index contributed by atoms with van der Waals surface area (Å²) in [6.07, 6.45) is 7.33. The Balaban J connectivity index is 1.33. The second kappa shape index (κ2) is 7.70. The van der Waals surface area contributed by atoms with Gasteiger partial charge in [0.15, 0.2) is 0 Å². The van der Waals surface area contributed by atoms with Crippen molar-refractivity contribution in [3.8, 4) is 5.75 Å². The van der Waals surface area contributed by atoms with E-state index in [-0.39, 0.29) is 5.91 Å². The van der Waals surface area contributed by atoms with Gasteiger partial charge in [-0.05, 0) is 42.5 Å². The first-order valence-electron chi connectivity index (χ1n) is 8.60. The molecule has 3 heterocycles. The number of ether oxygens (including phenoxy) is 1. The first-order valence-corrected chi connectivity index (χ1v) is 8.60. The van der Waals surface area contributed by atoms with Crippen LogP contribution in [-0.4, -0.2) is 20.3 Å². The van der Waals surface area contributed by atoms with Gasteiger partial charge in [0.2, 0.25) is 0 Å². The molecule has 1 N–H and O–H groups in total. The van der Waals surface area contributed by atoms with Crippen LogP contribution < -0.4 is 10.1 Å². The van der Waals surface area contributed by atoms with Crippen molar-refractivity contribution in [2.24, 2.45) is 0 Å². The highest BCUT2D eigenvalue weighted by molar-refractivity contribution is 5.94. The second-order valence-electron chi connectivity index (χ2n) is 6.06. The number of nitrogens with zero attached hydrogens (tertiary/aromatic N) is 3. The summed E-state index contributed by atoms with van der Waals surface area (Å²) in [5, 5.41) is 2.89. The van der Waals surface area contributed by atoms with E-state index in [0.29, 0.717) is 24.5 Å². The van der Waals surface area contributed by atoms with E-state index in [0.717, 1.165) is 16.9 Å². The van der Waals surface area contributed by atoms with Gasteiger partial charge in [0.1, 0.15) is 18.0 Å². The smallest absolute Gasteiger partial charge is 0.251 e. The lowest BCUT2D eigenvalue weighted by molar-refractivity contribution is 0.0950. The predicted octanol–water partition coefficient (Wildman–Crippen LogP) is 3.24. The molecule has 4 rings (SSSR count). The molecule has 0 bridgehead atoms. The third kappa shape index (κ3) is 4.12. The van der Waals surface area contributed by atoms with Crippen LogP contribution in [0.5, 0.6) is 5.75 Å². The highest BCUT2D eigenvalue weighted by atomic mass is 16.5. The van der Waals surface area contributed by atoms with Gasteiger partial charge in [-0.3, -0.25) is 9.78 Å². The van der Waals surface area contributed by atoms with Crippen molar-refractivity contribution in [3.63, 3.8) is 0 Å². The molecule has 6 nitrogen and oxygen atoms in total. The number of carbonyl (C=O) groups is 1. The number of carbonyl (C=O) groups excluding carboxylic acids is 1. The average molecular weight is 358 g/mol. The molecule has 6 heteroatoms. The Hall–Kier alpha value is -3.67. The van der Waals surface area contributed by atoms with E-state index in [1.54, 1.807) is 36.7 Å². The molecule has 1 amide bonds. The van der Waals surface area contributed by atoms with Gasteiger partial charge >= 0.3 is 0 Å². The summed E-state index contributed by atoms with van der Waals surface area (Å²) < 4.78 is 7.63. The molecule has 27 heavy (non-hydrogen) atoms. The second-order valence-corrected chi connectivity index (χ2v) is 6.06. The highest BCUT2D eigenvalue weighted by Crippen LogP contribution is 2.14. The number of imidazole rings is 1. The van der Waals surface area contributed by atoms with Crippen molar-refractivity contribution >= 4 is 11.6 Å². The fraction of sp³-hybridized carbons (Fsp3) is 0.0952. The molecule has 0 aliphatic carbocycles. The topological polar surface area (TPSA) is 68.5 Å². The van der Waals surface area contributed by atoms with E-state index in [1.807, 2.05) is 47.1 Å². The molecular weight excluding hydrogens is 340 g/mol. The van der Waals surface area contributed by atoms with Crippen LogP contribution >= 0.6 is 0 Å². The maximum Gasteiger partial charge on any atom is 0.251 e. The molecular formula is C21H18N4O2. The molecule has 0 atom stereocenters. The molecule has 134 valence electrons. The largest absolute Gasteiger partial charge is 0.489 e. The van der Waals surface area contributed by atoms with Crippen molar-refractivity contribution in [1.82, 2.24) is 19.7 Å². The zero-order valence-electron chi connectivity index (χ0n) is 14.6. The monoisotopic (exact) mass is 358 g/mol. The SMILES string of the molecule is O=C(NCc1cn2ccccc2n1)c1ccc(OCc2cccnc2)cc1. The summed E-state index contributed by atoms with van der Waals surface area (Å²) in [4.78, 5) is 20.9. The van der Waals surface area contributed by atoms with Crippen molar-refractivity contribution in [1.29, 1.82) is 0 Å². The maximum absolute atomic E-state index is 12.3. The predicted molar refractivity (Wildman–Crippen MR) is 101 cm³/mol. The fourth-order valence-electron chi connectivity index (χ4n) is 2.70. The number of amides is 1. The zero-order valence-corrected chi connectivity index (χ0v) is 14.6. The Bertz CT molecular complexity index is 1010. The molecule has 0 radical (unpaired) electrons. The lowest BCUT2D eigenvalue weighted by atomic mass is 10.2. The number of hydrogen-bond acceptors (Lipinski definition) is 4. The van der Waals surface area contributed by atoms with Crippen molar-refractivity contribution in [2.75, 3.05) is 0 Å². The van der Waals surface area contributed by atoms with Crippen LogP contribution in [0.2, 0.25) is 0 Å². The van der Waals surface area contributed by atoms with Gasteiger partial charge < -0.3 is 14.5 Å². The van der Waals surface area contributed by atoms with Crippen LogP contribution in [0.4, 0.5) is 0 Å². The first kappa shape index (κ1) is 16.8. The maximum atomic E-state index is 12.3. The van der Waals surface area contributed by atoms with Crippen LogP contribution in [-0.2, 0) is 13.2 Å². The summed E-state index contributed by atoms with van der Waals surface area (Å²) in [5.41, 5.74) is 3.24. The molecule has 4 aromatic rings. The van der Waals surface area contributed by atoms with Gasteiger partial charge in [-0.15, -0.1) is 0 Å². The normalized spacial score (nSPS) is 10.7. The molecule has 0 unspecified atom stereocenters. The molecule has 0 aliphatic heterocycles. The molecule has 0 fully saturated rings. The number of aromatic nitrogens is 3. The van der Waals surface area contributed by atoms with E-state index in [9.17, 15) is 4.79 Å². The highest BCUT2D eigenvalue weighted by Gasteiger charge is 2.07. The van der Waals surface area contributed by atoms with Crippen LogP contribution in [0.25, 0.3) is 5.65 Å². The average Bonchev–Trinajstić information content (AvgIpc) is 3.15. The van der Waals surface area contributed by atoms with Gasteiger partial charge in [0.25, 0.3) is 5.91 Å². The number of nitrogens with one attached hydrogen (secondary N) is 1. The van der Waals surface area contributed by atoms with E-state index in [2.05, 4.69) is 15.3 Å². The van der Waals surface area contributed by atoms with Crippen LogP contribution in [0.3, 0.4) is 0 Å². The van der Waals surface area contributed by atoms with E-state index in [1.165, 1.54) is 0 Å². The van der Waals surface area contributed by atoms with Gasteiger partial charge in [-0.1, -0.05) is 12.1 Å². The van der Waals surface area contributed by atoms with Gasteiger partial charge in [0, 0.05) is 35.9 Å². The summed E-state index contributed by atoms with van der Waals surface area (Å²) in [6.45, 7) is 0.813. The summed E-state index contributed by atoms with van der Waals surface area (Å²) in [7, 11) is 0. The van der Waals surface area contributed by atoms with Crippen molar-refractivity contribution in [3.05, 3.63) is 96.2 Å². The molecule has 0 saturated heterocycles. The zero-order chi connectivity index (χ0) is 18.5. The van der Waals surface area contributed by atoms with E-state index >= 15 is 0 Å². The number of rotatable bonds is 6. The number of fused-ring (bicyclic) bond motifs is 1. The molecule has 0 saturated carbocycles. The summed E-state index contributed by atoms with van der Waals surface area (Å²) >= 11 is 0. The first-order chi connectivity index (χ1) is 13.3. The molecule has 3 aromatic heterocycles. The Morgan fingerprint density at radius 2 is 1.96 bits per heavy atom. The molecule has 0 spiro atoms. The van der Waals surface area contributed by atoms with Crippen molar-refractivity contribution in [2.45, 2.75) is 13.2 Å². The van der Waals surface area contributed by atoms with Crippen LogP contribution in [0, 0.1) is 0 Å². The fourth-order valence-corrected chi connectivity index (χ4v) is 2.70. The quantitative estimate of drug-likeness (QED) is 0.574. The summed E-state index contributed by atoms with van der Waals surface area (Å²) in [5.74, 6) is 0.557.